The Morgan fingerprint density at radius 2 is 2.20 bits per heavy atom. The number of thiazole rings is 1. The van der Waals surface area contributed by atoms with Crippen molar-refractivity contribution in [1.82, 2.24) is 24.9 Å². The molecule has 3 heterocycles. The Kier molecular flexibility index (Phi) is 4.74. The molecule has 0 aliphatic carbocycles. The molecular formula is C16H15ClN6S2. The summed E-state index contributed by atoms with van der Waals surface area (Å²) in [5.41, 5.74) is 2.42. The lowest BCUT2D eigenvalue weighted by Crippen LogP contribution is -2.03. The fourth-order valence-electron chi connectivity index (χ4n) is 2.38. The molecule has 0 spiro atoms. The van der Waals surface area contributed by atoms with Crippen LogP contribution >= 0.6 is 34.7 Å². The Morgan fingerprint density at radius 3 is 3.08 bits per heavy atom. The molecule has 0 aliphatic heterocycles. The van der Waals surface area contributed by atoms with E-state index in [9.17, 15) is 0 Å². The largest absolute Gasteiger partial charge is 0.368 e. The average molecular weight is 391 g/mol. The minimum atomic E-state index is 0.653. The van der Waals surface area contributed by atoms with Crippen molar-refractivity contribution in [3.8, 4) is 0 Å². The number of fused-ring (bicyclic) bond motifs is 2. The molecule has 2 N–H and O–H groups in total. The van der Waals surface area contributed by atoms with E-state index in [1.54, 1.807) is 11.3 Å². The van der Waals surface area contributed by atoms with Gasteiger partial charge in [-0.2, -0.15) is 0 Å². The number of unbranched alkanes of at least 4 members (excludes halogenated alkanes) is 1. The first kappa shape index (κ1) is 16.6. The number of hydrogen-bond donors (Lipinski definition) is 2. The average Bonchev–Trinajstić information content (AvgIpc) is 3.18. The first-order valence-electron chi connectivity index (χ1n) is 7.91. The summed E-state index contributed by atoms with van der Waals surface area (Å²) < 4.78 is 1.97. The molecule has 128 valence electrons. The van der Waals surface area contributed by atoms with Crippen molar-refractivity contribution in [3.05, 3.63) is 29.5 Å². The fourth-order valence-corrected chi connectivity index (χ4v) is 4.62. The number of rotatable bonds is 6. The number of halogens is 1. The van der Waals surface area contributed by atoms with Gasteiger partial charge in [-0.1, -0.05) is 24.9 Å². The zero-order valence-corrected chi connectivity index (χ0v) is 15.8. The van der Waals surface area contributed by atoms with Crippen LogP contribution in [0.5, 0.6) is 0 Å². The van der Waals surface area contributed by atoms with E-state index in [1.807, 2.05) is 18.2 Å². The molecule has 0 atom stereocenters. The fraction of sp³-hybridized carbons (Fsp3) is 0.250. The smallest absolute Gasteiger partial charge is 0.183 e. The Bertz CT molecular complexity index is 1030. The van der Waals surface area contributed by atoms with Crippen molar-refractivity contribution in [1.29, 1.82) is 0 Å². The van der Waals surface area contributed by atoms with Crippen LogP contribution in [0.15, 0.2) is 34.0 Å². The zero-order valence-electron chi connectivity index (χ0n) is 13.4. The van der Waals surface area contributed by atoms with Crippen molar-refractivity contribution in [3.63, 3.8) is 0 Å². The van der Waals surface area contributed by atoms with Gasteiger partial charge in [-0.05, 0) is 36.4 Å². The number of nitrogens with one attached hydrogen (secondary N) is 2. The lowest BCUT2D eigenvalue weighted by Gasteiger charge is -2.03. The van der Waals surface area contributed by atoms with Crippen LogP contribution in [0.3, 0.4) is 0 Å². The number of nitrogens with zero attached hydrogens (tertiary/aromatic N) is 4. The minimum absolute atomic E-state index is 0.653. The molecule has 4 rings (SSSR count). The Labute approximate surface area is 157 Å². The minimum Gasteiger partial charge on any atom is -0.368 e. The Hall–Kier alpha value is -1.90. The molecule has 0 saturated heterocycles. The monoisotopic (exact) mass is 390 g/mol. The van der Waals surface area contributed by atoms with Crippen LogP contribution in [-0.4, -0.2) is 31.5 Å². The second-order valence-corrected chi connectivity index (χ2v) is 8.14. The van der Waals surface area contributed by atoms with Crippen LogP contribution in [0.25, 0.3) is 21.4 Å². The van der Waals surface area contributed by atoms with E-state index < -0.39 is 0 Å². The number of imidazole rings is 1. The maximum absolute atomic E-state index is 6.04. The van der Waals surface area contributed by atoms with Gasteiger partial charge >= 0.3 is 0 Å². The van der Waals surface area contributed by atoms with Crippen molar-refractivity contribution in [2.24, 2.45) is 0 Å². The third-order valence-electron chi connectivity index (χ3n) is 3.60. The van der Waals surface area contributed by atoms with E-state index in [0.29, 0.717) is 5.65 Å². The standard InChI is InChI=1S/C16H15ClN6S2/c1-2-3-6-18-13-12-14(20-8-19-13)23-15(22-12)25-16-21-10-5-4-9(17)7-11(10)24-16/h4-5,7-8H,2-3,6H2,1H3,(H2,18,19,20,22,23). The third kappa shape index (κ3) is 3.56. The highest BCUT2D eigenvalue weighted by molar-refractivity contribution is 8.01. The molecule has 0 unspecified atom stereocenters. The van der Waals surface area contributed by atoms with Crippen LogP contribution < -0.4 is 5.32 Å². The zero-order chi connectivity index (χ0) is 17.2. The van der Waals surface area contributed by atoms with Gasteiger partial charge in [-0.15, -0.1) is 11.3 Å². The van der Waals surface area contributed by atoms with Crippen LogP contribution in [0, 0.1) is 0 Å². The van der Waals surface area contributed by atoms with Gasteiger partial charge in [0, 0.05) is 11.6 Å². The second kappa shape index (κ2) is 7.15. The molecule has 0 bridgehead atoms. The lowest BCUT2D eigenvalue weighted by atomic mass is 10.3. The number of aromatic nitrogens is 5. The molecule has 3 aromatic heterocycles. The summed E-state index contributed by atoms with van der Waals surface area (Å²) in [7, 11) is 0. The summed E-state index contributed by atoms with van der Waals surface area (Å²) in [6.45, 7) is 3.04. The van der Waals surface area contributed by atoms with Crippen LogP contribution in [-0.2, 0) is 0 Å². The van der Waals surface area contributed by atoms with E-state index >= 15 is 0 Å². The Morgan fingerprint density at radius 1 is 1.28 bits per heavy atom. The number of aromatic amines is 1. The predicted molar refractivity (Wildman–Crippen MR) is 104 cm³/mol. The van der Waals surface area contributed by atoms with Gasteiger partial charge in [0.15, 0.2) is 21.0 Å². The molecule has 25 heavy (non-hydrogen) atoms. The van der Waals surface area contributed by atoms with E-state index in [0.717, 1.165) is 55.5 Å². The summed E-state index contributed by atoms with van der Waals surface area (Å²) in [5, 5.41) is 4.80. The SMILES string of the molecule is CCCCNc1ncnc2nc(Sc3nc4ccc(Cl)cc4s3)[nH]c12. The summed E-state index contributed by atoms with van der Waals surface area (Å²) in [6, 6.07) is 5.71. The molecule has 0 aliphatic rings. The summed E-state index contributed by atoms with van der Waals surface area (Å²) in [4.78, 5) is 21.0. The predicted octanol–water partition coefficient (Wildman–Crippen LogP) is 4.98. The highest BCUT2D eigenvalue weighted by Crippen LogP contribution is 2.35. The van der Waals surface area contributed by atoms with Gasteiger partial charge in [0.05, 0.1) is 10.2 Å². The van der Waals surface area contributed by atoms with Gasteiger partial charge in [-0.3, -0.25) is 0 Å². The van der Waals surface area contributed by atoms with E-state index in [2.05, 4.69) is 37.2 Å². The topological polar surface area (TPSA) is 79.4 Å². The van der Waals surface area contributed by atoms with Gasteiger partial charge in [0.25, 0.3) is 0 Å². The molecular weight excluding hydrogens is 376 g/mol. The summed E-state index contributed by atoms with van der Waals surface area (Å²) in [5.74, 6) is 0.786. The van der Waals surface area contributed by atoms with Gasteiger partial charge in [0.2, 0.25) is 0 Å². The number of H-pyrrole nitrogens is 1. The molecule has 0 fully saturated rings. The highest BCUT2D eigenvalue weighted by atomic mass is 35.5. The molecule has 9 heteroatoms. The van der Waals surface area contributed by atoms with E-state index in [1.165, 1.54) is 18.1 Å². The number of hydrogen-bond acceptors (Lipinski definition) is 7. The number of benzene rings is 1. The second-order valence-electron chi connectivity index (χ2n) is 5.44. The first-order valence-corrected chi connectivity index (χ1v) is 9.92. The summed E-state index contributed by atoms with van der Waals surface area (Å²) in [6.07, 6.45) is 3.76. The molecule has 4 aromatic rings. The maximum atomic E-state index is 6.04. The van der Waals surface area contributed by atoms with Crippen LogP contribution in [0.4, 0.5) is 5.82 Å². The van der Waals surface area contributed by atoms with Crippen molar-refractivity contribution in [2.75, 3.05) is 11.9 Å². The quantitative estimate of drug-likeness (QED) is 0.452. The van der Waals surface area contributed by atoms with Crippen LogP contribution in [0.1, 0.15) is 19.8 Å². The van der Waals surface area contributed by atoms with Gasteiger partial charge in [-0.25, -0.2) is 19.9 Å². The van der Waals surface area contributed by atoms with Gasteiger partial charge < -0.3 is 10.3 Å². The Balaban J connectivity index is 1.61. The van der Waals surface area contributed by atoms with Crippen molar-refractivity contribution >= 4 is 61.9 Å². The molecule has 6 nitrogen and oxygen atoms in total. The third-order valence-corrected chi connectivity index (χ3v) is 5.80. The first-order chi connectivity index (χ1) is 12.2. The van der Waals surface area contributed by atoms with E-state index in [4.69, 9.17) is 11.6 Å². The lowest BCUT2D eigenvalue weighted by molar-refractivity contribution is 0.831. The van der Waals surface area contributed by atoms with E-state index in [-0.39, 0.29) is 0 Å². The molecule has 0 radical (unpaired) electrons. The molecule has 1 aromatic carbocycles. The normalized spacial score (nSPS) is 11.4. The van der Waals surface area contributed by atoms with Crippen molar-refractivity contribution in [2.45, 2.75) is 29.3 Å². The molecule has 0 saturated carbocycles. The van der Waals surface area contributed by atoms with Gasteiger partial charge in [0.1, 0.15) is 11.8 Å². The maximum Gasteiger partial charge on any atom is 0.183 e. The summed E-state index contributed by atoms with van der Waals surface area (Å²) >= 11 is 9.12. The highest BCUT2D eigenvalue weighted by Gasteiger charge is 2.13. The van der Waals surface area contributed by atoms with Crippen LogP contribution in [0.2, 0.25) is 5.02 Å². The number of anilines is 1. The van der Waals surface area contributed by atoms with Crippen molar-refractivity contribution < 1.29 is 0 Å². The molecule has 0 amide bonds.